The molecule has 7 nitrogen and oxygen atoms in total. The highest BCUT2D eigenvalue weighted by atomic mass is 16.6. The van der Waals surface area contributed by atoms with E-state index in [1.165, 1.54) is 0 Å². The minimum atomic E-state index is -0.809. The molecule has 0 aliphatic rings. The Kier molecular flexibility index (Phi) is 7.80. The van der Waals surface area contributed by atoms with Crippen LogP contribution in [0, 0.1) is 0 Å². The third-order valence-electron chi connectivity index (χ3n) is 4.80. The molecule has 0 saturated carbocycles. The van der Waals surface area contributed by atoms with E-state index in [4.69, 9.17) is 15.3 Å². The van der Waals surface area contributed by atoms with Gasteiger partial charge in [0.1, 0.15) is 12.4 Å². The average Bonchev–Trinajstić information content (AvgIpc) is 2.82. The summed E-state index contributed by atoms with van der Waals surface area (Å²) < 4.78 is 5.73. The maximum absolute atomic E-state index is 12.5. The number of benzene rings is 2. The van der Waals surface area contributed by atoms with Crippen LogP contribution in [-0.4, -0.2) is 22.8 Å². The Morgan fingerprint density at radius 3 is 2.50 bits per heavy atom. The number of amidine groups is 1. The van der Waals surface area contributed by atoms with E-state index in [9.17, 15) is 4.79 Å². The van der Waals surface area contributed by atoms with Crippen molar-refractivity contribution in [2.24, 2.45) is 10.9 Å². The standard InChI is InChI=1S/C25H28N4O3/c1-17(2)22-8-4-5-9-23(22)28-25(30)18(3)32-29-24(26)20-10-12-21(13-11-20)31-16-19-7-6-14-27-15-19/h4-15,17-18H,16H2,1-3H3,(H2,26,29)(H,28,30). The van der Waals surface area contributed by atoms with Crippen LogP contribution in [0.25, 0.3) is 0 Å². The molecular formula is C25H28N4O3. The van der Waals surface area contributed by atoms with Crippen molar-refractivity contribution in [2.45, 2.75) is 39.4 Å². The molecule has 0 spiro atoms. The second-order valence-corrected chi connectivity index (χ2v) is 7.63. The summed E-state index contributed by atoms with van der Waals surface area (Å²) in [6.07, 6.45) is 2.67. The van der Waals surface area contributed by atoms with Crippen molar-refractivity contribution >= 4 is 17.4 Å². The maximum Gasteiger partial charge on any atom is 0.267 e. The third kappa shape index (κ3) is 6.31. The summed E-state index contributed by atoms with van der Waals surface area (Å²) in [5.74, 6) is 0.857. The van der Waals surface area contributed by atoms with Gasteiger partial charge in [-0.05, 0) is 54.8 Å². The predicted octanol–water partition coefficient (Wildman–Crippen LogP) is 4.45. The van der Waals surface area contributed by atoms with Gasteiger partial charge in [-0.15, -0.1) is 0 Å². The molecule has 1 heterocycles. The van der Waals surface area contributed by atoms with Gasteiger partial charge in [-0.25, -0.2) is 0 Å². The lowest BCUT2D eigenvalue weighted by Crippen LogP contribution is -2.28. The summed E-state index contributed by atoms with van der Waals surface area (Å²) in [7, 11) is 0. The molecule has 7 heteroatoms. The van der Waals surface area contributed by atoms with Crippen molar-refractivity contribution in [1.29, 1.82) is 0 Å². The smallest absolute Gasteiger partial charge is 0.267 e. The van der Waals surface area contributed by atoms with Crippen LogP contribution in [0.4, 0.5) is 5.69 Å². The zero-order valence-electron chi connectivity index (χ0n) is 18.5. The second kappa shape index (κ2) is 10.9. The first-order chi connectivity index (χ1) is 15.4. The van der Waals surface area contributed by atoms with Gasteiger partial charge in [0.25, 0.3) is 5.91 Å². The summed E-state index contributed by atoms with van der Waals surface area (Å²) in [6, 6.07) is 18.7. The van der Waals surface area contributed by atoms with Crippen LogP contribution in [0.15, 0.2) is 78.2 Å². The first kappa shape index (κ1) is 22.8. The molecule has 0 bridgehead atoms. The van der Waals surface area contributed by atoms with Gasteiger partial charge < -0.3 is 20.6 Å². The Hall–Kier alpha value is -3.87. The molecule has 1 unspecified atom stereocenters. The number of hydrogen-bond acceptors (Lipinski definition) is 5. The van der Waals surface area contributed by atoms with E-state index in [0.29, 0.717) is 17.9 Å². The number of nitrogens with zero attached hydrogens (tertiary/aromatic N) is 2. The Morgan fingerprint density at radius 1 is 1.06 bits per heavy atom. The Bertz CT molecular complexity index is 1050. The van der Waals surface area contributed by atoms with Crippen molar-refractivity contribution in [3.63, 3.8) is 0 Å². The lowest BCUT2D eigenvalue weighted by molar-refractivity contribution is -0.126. The number of ether oxygens (including phenoxy) is 1. The summed E-state index contributed by atoms with van der Waals surface area (Å²) in [4.78, 5) is 21.9. The van der Waals surface area contributed by atoms with Crippen molar-refractivity contribution in [1.82, 2.24) is 4.98 Å². The highest BCUT2D eigenvalue weighted by Crippen LogP contribution is 2.24. The van der Waals surface area contributed by atoms with Crippen LogP contribution in [0.1, 0.15) is 43.4 Å². The number of hydrogen-bond donors (Lipinski definition) is 2. The minimum absolute atomic E-state index is 0.172. The fourth-order valence-corrected chi connectivity index (χ4v) is 2.96. The van der Waals surface area contributed by atoms with Crippen LogP contribution in [0.5, 0.6) is 5.75 Å². The zero-order chi connectivity index (χ0) is 22.9. The molecule has 3 rings (SSSR count). The third-order valence-corrected chi connectivity index (χ3v) is 4.80. The number of nitrogens with one attached hydrogen (secondary N) is 1. The number of amides is 1. The first-order valence-electron chi connectivity index (χ1n) is 10.4. The normalized spacial score (nSPS) is 12.3. The van der Waals surface area contributed by atoms with Crippen molar-refractivity contribution in [3.8, 4) is 5.75 Å². The number of carbonyl (C=O) groups is 1. The Balaban J connectivity index is 1.54. The van der Waals surface area contributed by atoms with Crippen LogP contribution >= 0.6 is 0 Å². The van der Waals surface area contributed by atoms with E-state index in [-0.39, 0.29) is 17.7 Å². The topological polar surface area (TPSA) is 98.8 Å². The van der Waals surface area contributed by atoms with Gasteiger partial charge in [-0.1, -0.05) is 43.3 Å². The van der Waals surface area contributed by atoms with Crippen molar-refractivity contribution in [3.05, 3.63) is 89.7 Å². The molecule has 0 saturated heterocycles. The number of carbonyl (C=O) groups excluding carboxylic acids is 1. The quantitative estimate of drug-likeness (QED) is 0.296. The molecule has 0 radical (unpaired) electrons. The molecule has 2 aromatic carbocycles. The number of rotatable bonds is 9. The highest BCUT2D eigenvalue weighted by Gasteiger charge is 2.17. The molecule has 0 aliphatic carbocycles. The molecule has 3 N–H and O–H groups in total. The minimum Gasteiger partial charge on any atom is -0.489 e. The predicted molar refractivity (Wildman–Crippen MR) is 125 cm³/mol. The van der Waals surface area contributed by atoms with Crippen molar-refractivity contribution in [2.75, 3.05) is 5.32 Å². The monoisotopic (exact) mass is 432 g/mol. The molecule has 0 aliphatic heterocycles. The largest absolute Gasteiger partial charge is 0.489 e. The molecule has 3 aromatic rings. The lowest BCUT2D eigenvalue weighted by Gasteiger charge is -2.16. The number of aromatic nitrogens is 1. The maximum atomic E-state index is 12.5. The van der Waals surface area contributed by atoms with Crippen molar-refractivity contribution < 1.29 is 14.4 Å². The van der Waals surface area contributed by atoms with Gasteiger partial charge in [0.2, 0.25) is 6.10 Å². The Morgan fingerprint density at radius 2 is 1.81 bits per heavy atom. The summed E-state index contributed by atoms with van der Waals surface area (Å²) in [5, 5.41) is 6.82. The number of para-hydroxylation sites is 1. The van der Waals surface area contributed by atoms with Crippen LogP contribution in [0.2, 0.25) is 0 Å². The number of pyridine rings is 1. The van der Waals surface area contributed by atoms with Gasteiger partial charge in [-0.2, -0.15) is 0 Å². The van der Waals surface area contributed by atoms with E-state index >= 15 is 0 Å². The SMILES string of the molecule is CC(O/N=C(/N)c1ccc(OCc2cccnc2)cc1)C(=O)Nc1ccccc1C(C)C. The fraction of sp³-hybridized carbons (Fsp3) is 0.240. The highest BCUT2D eigenvalue weighted by molar-refractivity contribution is 5.97. The van der Waals surface area contributed by atoms with E-state index in [1.54, 1.807) is 43.6 Å². The molecule has 1 aromatic heterocycles. The molecule has 166 valence electrons. The summed E-state index contributed by atoms with van der Waals surface area (Å²) >= 11 is 0. The van der Waals surface area contributed by atoms with E-state index in [0.717, 1.165) is 16.8 Å². The summed E-state index contributed by atoms with van der Waals surface area (Å²) in [5.41, 5.74) is 9.49. The van der Waals surface area contributed by atoms with Gasteiger partial charge in [0.15, 0.2) is 5.84 Å². The first-order valence-corrected chi connectivity index (χ1v) is 10.4. The van der Waals surface area contributed by atoms with E-state index < -0.39 is 6.10 Å². The van der Waals surface area contributed by atoms with Crippen LogP contribution in [-0.2, 0) is 16.2 Å². The van der Waals surface area contributed by atoms with Gasteiger partial charge in [-0.3, -0.25) is 9.78 Å². The van der Waals surface area contributed by atoms with Gasteiger partial charge in [0, 0.05) is 29.2 Å². The molecule has 1 amide bonds. The average molecular weight is 433 g/mol. The summed E-state index contributed by atoms with van der Waals surface area (Å²) in [6.45, 7) is 6.20. The number of nitrogens with two attached hydrogens (primary N) is 1. The fourth-order valence-electron chi connectivity index (χ4n) is 2.96. The Labute approximate surface area is 188 Å². The zero-order valence-corrected chi connectivity index (χ0v) is 18.5. The van der Waals surface area contributed by atoms with Gasteiger partial charge >= 0.3 is 0 Å². The molecule has 32 heavy (non-hydrogen) atoms. The van der Waals surface area contributed by atoms with Gasteiger partial charge in [0.05, 0.1) is 0 Å². The second-order valence-electron chi connectivity index (χ2n) is 7.63. The molecular weight excluding hydrogens is 404 g/mol. The van der Waals surface area contributed by atoms with Crippen LogP contribution in [0.3, 0.4) is 0 Å². The van der Waals surface area contributed by atoms with E-state index in [2.05, 4.69) is 29.3 Å². The molecule has 1 atom stereocenters. The van der Waals surface area contributed by atoms with Crippen LogP contribution < -0.4 is 15.8 Å². The lowest BCUT2D eigenvalue weighted by atomic mass is 10.0. The number of anilines is 1. The van der Waals surface area contributed by atoms with E-state index in [1.807, 2.05) is 36.4 Å². The number of oxime groups is 1. The molecule has 0 fully saturated rings.